The Balaban J connectivity index is 1.31. The predicted molar refractivity (Wildman–Crippen MR) is 200 cm³/mol. The summed E-state index contributed by atoms with van der Waals surface area (Å²) in [7, 11) is 0. The Morgan fingerprint density at radius 3 is 1.54 bits per heavy atom. The van der Waals surface area contributed by atoms with Crippen molar-refractivity contribution >= 4 is 43.6 Å². The first-order valence-electron chi connectivity index (χ1n) is 16.3. The van der Waals surface area contributed by atoms with Crippen LogP contribution in [0.4, 0.5) is 0 Å². The third-order valence-electron chi connectivity index (χ3n) is 9.65. The average Bonchev–Trinajstić information content (AvgIpc) is 3.69. The smallest absolute Gasteiger partial charge is 0.102 e. The van der Waals surface area contributed by atoms with Gasteiger partial charge >= 0.3 is 0 Å². The summed E-state index contributed by atoms with van der Waals surface area (Å²) in [5, 5.41) is 34.6. The molecule has 2 aromatic heterocycles. The van der Waals surface area contributed by atoms with Crippen LogP contribution in [0.25, 0.3) is 77.2 Å². The van der Waals surface area contributed by atoms with Crippen LogP contribution in [-0.2, 0) is 0 Å². The summed E-state index contributed by atoms with van der Waals surface area (Å²) in [6.45, 7) is 0. The van der Waals surface area contributed by atoms with E-state index in [-0.39, 0.29) is 0 Å². The molecule has 50 heavy (non-hydrogen) atoms. The van der Waals surface area contributed by atoms with E-state index in [0.717, 1.165) is 60.8 Å². The normalized spacial score (nSPS) is 11.1. The molecule has 0 saturated carbocycles. The van der Waals surface area contributed by atoms with Crippen molar-refractivity contribution in [2.75, 3.05) is 0 Å². The van der Waals surface area contributed by atoms with Gasteiger partial charge in [0.1, 0.15) is 6.07 Å². The molecule has 0 aliphatic rings. The molecule has 0 amide bonds. The summed E-state index contributed by atoms with van der Waals surface area (Å²) in [5.41, 5.74) is 11.0. The molecule has 0 aliphatic heterocycles. The van der Waals surface area contributed by atoms with Crippen LogP contribution in [0, 0.1) is 34.0 Å². The predicted octanol–water partition coefficient (Wildman–Crippen LogP) is 10.8. The van der Waals surface area contributed by atoms with Gasteiger partial charge in [-0.3, -0.25) is 0 Å². The fourth-order valence-corrected chi connectivity index (χ4v) is 7.52. The lowest BCUT2D eigenvalue weighted by molar-refractivity contribution is 1.17. The molecule has 0 atom stereocenters. The Morgan fingerprint density at radius 2 is 0.840 bits per heavy atom. The van der Waals surface area contributed by atoms with E-state index in [2.05, 4.69) is 108 Å². The van der Waals surface area contributed by atoms with Gasteiger partial charge in [0.2, 0.25) is 0 Å². The Labute approximate surface area is 287 Å². The van der Waals surface area contributed by atoms with Gasteiger partial charge in [-0.25, -0.2) is 0 Å². The van der Waals surface area contributed by atoms with E-state index >= 15 is 0 Å². The van der Waals surface area contributed by atoms with Gasteiger partial charge < -0.3 is 9.13 Å². The molecule has 0 spiro atoms. The van der Waals surface area contributed by atoms with Crippen LogP contribution in [0.15, 0.2) is 152 Å². The van der Waals surface area contributed by atoms with E-state index in [4.69, 9.17) is 0 Å². The molecule has 0 fully saturated rings. The van der Waals surface area contributed by atoms with Crippen molar-refractivity contribution < 1.29 is 0 Å². The second-order valence-electron chi connectivity index (χ2n) is 12.3. The topological polar surface area (TPSA) is 81.2 Å². The van der Waals surface area contributed by atoms with Gasteiger partial charge in [-0.1, -0.05) is 97.1 Å². The number of fused-ring (bicyclic) bond motifs is 6. The summed E-state index contributed by atoms with van der Waals surface area (Å²) in [6.07, 6.45) is 0. The quantitative estimate of drug-likeness (QED) is 0.193. The van der Waals surface area contributed by atoms with E-state index in [1.165, 1.54) is 10.8 Å². The number of para-hydroxylation sites is 3. The van der Waals surface area contributed by atoms with Crippen LogP contribution < -0.4 is 0 Å². The van der Waals surface area contributed by atoms with Gasteiger partial charge in [0.05, 0.1) is 62.3 Å². The van der Waals surface area contributed by atoms with Gasteiger partial charge in [-0.2, -0.15) is 15.8 Å². The summed E-state index contributed by atoms with van der Waals surface area (Å²) in [4.78, 5) is 0. The highest BCUT2D eigenvalue weighted by Gasteiger charge is 2.21. The minimum absolute atomic E-state index is 0.514. The highest BCUT2D eigenvalue weighted by atomic mass is 15.0. The van der Waals surface area contributed by atoms with E-state index in [0.29, 0.717) is 22.4 Å². The zero-order valence-electron chi connectivity index (χ0n) is 26.7. The molecule has 0 saturated heterocycles. The van der Waals surface area contributed by atoms with Gasteiger partial charge in [0.25, 0.3) is 0 Å². The van der Waals surface area contributed by atoms with Gasteiger partial charge in [0.15, 0.2) is 0 Å². The lowest BCUT2D eigenvalue weighted by Crippen LogP contribution is -2.01. The maximum Gasteiger partial charge on any atom is 0.102 e. The van der Waals surface area contributed by atoms with Gasteiger partial charge in [0, 0.05) is 32.7 Å². The Hall–Kier alpha value is -7.39. The van der Waals surface area contributed by atoms with E-state index in [1.54, 1.807) is 12.1 Å². The number of hydrogen-bond acceptors (Lipinski definition) is 3. The molecule has 0 aliphatic carbocycles. The SMILES string of the molecule is N#Cc1ccc2c(c1)c1ccc(C#N)cc1n2-c1cccc(-c2ccccc2-c2ccccc2-n2c3ccccc3c3ccccc32)c1C#N. The molecular weight excluding hydrogens is 611 g/mol. The van der Waals surface area contributed by atoms with Crippen LogP contribution in [0.2, 0.25) is 0 Å². The van der Waals surface area contributed by atoms with Crippen LogP contribution in [-0.4, -0.2) is 9.13 Å². The van der Waals surface area contributed by atoms with Crippen molar-refractivity contribution in [1.29, 1.82) is 15.8 Å². The van der Waals surface area contributed by atoms with Gasteiger partial charge in [-0.05, 0) is 65.7 Å². The largest absolute Gasteiger partial charge is 0.309 e. The first-order chi connectivity index (χ1) is 24.7. The van der Waals surface area contributed by atoms with Crippen molar-refractivity contribution in [3.63, 3.8) is 0 Å². The highest BCUT2D eigenvalue weighted by molar-refractivity contribution is 6.11. The number of benzene rings is 7. The monoisotopic (exact) mass is 635 g/mol. The fraction of sp³-hybridized carbons (Fsp3) is 0. The van der Waals surface area contributed by atoms with Crippen LogP contribution in [0.3, 0.4) is 0 Å². The van der Waals surface area contributed by atoms with Gasteiger partial charge in [-0.15, -0.1) is 0 Å². The lowest BCUT2D eigenvalue weighted by Gasteiger charge is -2.19. The highest BCUT2D eigenvalue weighted by Crippen LogP contribution is 2.42. The van der Waals surface area contributed by atoms with Crippen molar-refractivity contribution in [3.8, 4) is 51.8 Å². The molecule has 0 unspecified atom stereocenters. The number of nitrogens with zero attached hydrogens (tertiary/aromatic N) is 5. The third-order valence-corrected chi connectivity index (χ3v) is 9.65. The van der Waals surface area contributed by atoms with Crippen molar-refractivity contribution in [2.45, 2.75) is 0 Å². The summed E-state index contributed by atoms with van der Waals surface area (Å²) in [5.74, 6) is 0. The Bertz CT molecular complexity index is 2920. The van der Waals surface area contributed by atoms with Crippen molar-refractivity contribution in [3.05, 3.63) is 168 Å². The molecule has 230 valence electrons. The molecule has 9 aromatic rings. The first-order valence-corrected chi connectivity index (χ1v) is 16.3. The second kappa shape index (κ2) is 11.4. The van der Waals surface area contributed by atoms with E-state index < -0.39 is 0 Å². The summed E-state index contributed by atoms with van der Waals surface area (Å²) >= 11 is 0. The third kappa shape index (κ3) is 4.24. The van der Waals surface area contributed by atoms with E-state index in [9.17, 15) is 15.8 Å². The minimum Gasteiger partial charge on any atom is -0.309 e. The zero-order valence-corrected chi connectivity index (χ0v) is 26.7. The maximum atomic E-state index is 10.9. The molecule has 0 radical (unpaired) electrons. The molecule has 0 N–H and O–H groups in total. The fourth-order valence-electron chi connectivity index (χ4n) is 7.52. The number of aromatic nitrogens is 2. The Kier molecular flexibility index (Phi) is 6.56. The molecule has 9 rings (SSSR count). The van der Waals surface area contributed by atoms with Crippen molar-refractivity contribution in [2.24, 2.45) is 0 Å². The molecule has 2 heterocycles. The summed E-state index contributed by atoms with van der Waals surface area (Å²) < 4.78 is 4.38. The van der Waals surface area contributed by atoms with E-state index in [1.807, 2.05) is 59.2 Å². The number of nitriles is 3. The zero-order chi connectivity index (χ0) is 33.8. The molecule has 5 nitrogen and oxygen atoms in total. The standard InChI is InChI=1S/C45H25N5/c46-26-29-21-23-44-38(24-29)37-22-20-30(27-47)25-45(37)50(44)43-19-9-15-33(39(43)28-48)31-10-1-2-11-32(31)34-12-3-6-16-40(34)49-41-17-7-4-13-35(41)36-14-5-8-18-42(36)49/h1-25H. The molecule has 0 bridgehead atoms. The van der Waals surface area contributed by atoms with Crippen LogP contribution >= 0.6 is 0 Å². The molecule has 5 heteroatoms. The first kappa shape index (κ1) is 28.8. The lowest BCUT2D eigenvalue weighted by atomic mass is 9.90. The summed E-state index contributed by atoms with van der Waals surface area (Å²) in [6, 6.07) is 57.8. The van der Waals surface area contributed by atoms with Crippen LogP contribution in [0.1, 0.15) is 16.7 Å². The minimum atomic E-state index is 0.514. The Morgan fingerprint density at radius 1 is 0.340 bits per heavy atom. The molecular formula is C45H25N5. The second-order valence-corrected chi connectivity index (χ2v) is 12.3. The number of rotatable bonds is 4. The van der Waals surface area contributed by atoms with Crippen LogP contribution in [0.5, 0.6) is 0 Å². The molecule has 7 aromatic carbocycles. The number of hydrogen-bond donors (Lipinski definition) is 0. The van der Waals surface area contributed by atoms with Crippen molar-refractivity contribution in [1.82, 2.24) is 9.13 Å². The maximum absolute atomic E-state index is 10.9. The average molecular weight is 636 g/mol.